The highest BCUT2D eigenvalue weighted by Gasteiger charge is 2.13. The minimum absolute atomic E-state index is 0.0140. The highest BCUT2D eigenvalue weighted by atomic mass is 16.5. The lowest BCUT2D eigenvalue weighted by molar-refractivity contribution is -0.121. The topological polar surface area (TPSA) is 47.6 Å². The zero-order chi connectivity index (χ0) is 12.6. The Bertz CT molecular complexity index is 186. The average Bonchev–Trinajstić information content (AvgIpc) is 2.21. The van der Waals surface area contributed by atoms with E-state index in [2.05, 4.69) is 5.32 Å². The van der Waals surface area contributed by atoms with Gasteiger partial charge in [-0.3, -0.25) is 4.79 Å². The summed E-state index contributed by atoms with van der Waals surface area (Å²) in [7, 11) is 5.24. The van der Waals surface area contributed by atoms with E-state index in [1.165, 1.54) is 0 Å². The van der Waals surface area contributed by atoms with Crippen LogP contribution in [0.25, 0.3) is 0 Å². The monoisotopic (exact) mass is 227 g/mol. The van der Waals surface area contributed by atoms with Gasteiger partial charge in [0.05, 0.1) is 39.3 Å². The molecule has 0 saturated carbocycles. The molecule has 0 heterocycles. The standard InChI is InChI=1S/C11H22BNO3/c1-8(2)15-6-10(7-16-9(3)4)13-11(14)5-12/h8-10H,5-7H2,1-4H3,(H,13,14). The fraction of sp³-hybridized carbons (Fsp3) is 0.909. The zero-order valence-electron chi connectivity index (χ0n) is 10.7. The third-order valence-electron chi connectivity index (χ3n) is 1.81. The van der Waals surface area contributed by atoms with Gasteiger partial charge < -0.3 is 14.8 Å². The lowest BCUT2D eigenvalue weighted by Gasteiger charge is -2.21. The lowest BCUT2D eigenvalue weighted by atomic mass is 10.0. The number of hydrogen-bond donors (Lipinski definition) is 1. The quantitative estimate of drug-likeness (QED) is 0.627. The van der Waals surface area contributed by atoms with Gasteiger partial charge in [-0.2, -0.15) is 0 Å². The van der Waals surface area contributed by atoms with Crippen molar-refractivity contribution in [1.82, 2.24) is 5.32 Å². The number of hydrogen-bond acceptors (Lipinski definition) is 3. The third kappa shape index (κ3) is 8.74. The summed E-state index contributed by atoms with van der Waals surface area (Å²) < 4.78 is 10.9. The maximum atomic E-state index is 11.2. The predicted octanol–water partition coefficient (Wildman–Crippen LogP) is 0.908. The van der Waals surface area contributed by atoms with Crippen LogP contribution in [0.2, 0.25) is 6.32 Å². The van der Waals surface area contributed by atoms with Crippen molar-refractivity contribution in [3.8, 4) is 0 Å². The normalized spacial score (nSPS) is 11.4. The van der Waals surface area contributed by atoms with E-state index in [4.69, 9.17) is 17.3 Å². The van der Waals surface area contributed by atoms with Crippen LogP contribution in [0.1, 0.15) is 27.7 Å². The molecule has 0 aromatic carbocycles. The van der Waals surface area contributed by atoms with Gasteiger partial charge in [-0.1, -0.05) is 0 Å². The van der Waals surface area contributed by atoms with E-state index in [1.54, 1.807) is 0 Å². The summed E-state index contributed by atoms with van der Waals surface area (Å²) in [5.74, 6) is -0.190. The first kappa shape index (κ1) is 15.5. The molecule has 92 valence electrons. The maximum absolute atomic E-state index is 11.2. The summed E-state index contributed by atoms with van der Waals surface area (Å²) in [6.45, 7) is 8.68. The van der Waals surface area contributed by atoms with Crippen LogP contribution in [0.15, 0.2) is 0 Å². The molecule has 2 radical (unpaired) electrons. The Morgan fingerprint density at radius 2 is 1.56 bits per heavy atom. The van der Waals surface area contributed by atoms with Gasteiger partial charge in [0.1, 0.15) is 0 Å². The first-order valence-electron chi connectivity index (χ1n) is 5.68. The van der Waals surface area contributed by atoms with Gasteiger partial charge in [0.25, 0.3) is 0 Å². The smallest absolute Gasteiger partial charge is 0.211 e. The largest absolute Gasteiger partial charge is 0.377 e. The van der Waals surface area contributed by atoms with Gasteiger partial charge >= 0.3 is 0 Å². The molecule has 0 bridgehead atoms. The van der Waals surface area contributed by atoms with Gasteiger partial charge in [-0.05, 0) is 34.0 Å². The van der Waals surface area contributed by atoms with Crippen molar-refractivity contribution in [2.75, 3.05) is 13.2 Å². The molecule has 0 saturated heterocycles. The van der Waals surface area contributed by atoms with E-state index in [0.717, 1.165) is 0 Å². The van der Waals surface area contributed by atoms with Crippen LogP contribution < -0.4 is 5.32 Å². The number of ether oxygens (including phenoxy) is 2. The van der Waals surface area contributed by atoms with Crippen LogP contribution in [0.5, 0.6) is 0 Å². The van der Waals surface area contributed by atoms with E-state index < -0.39 is 0 Å². The van der Waals surface area contributed by atoms with Crippen molar-refractivity contribution in [3.05, 3.63) is 0 Å². The predicted molar refractivity (Wildman–Crippen MR) is 64.7 cm³/mol. The van der Waals surface area contributed by atoms with Crippen LogP contribution >= 0.6 is 0 Å². The molecule has 16 heavy (non-hydrogen) atoms. The molecule has 1 amide bonds. The minimum Gasteiger partial charge on any atom is -0.377 e. The molecule has 0 fully saturated rings. The minimum atomic E-state index is -0.190. The molecule has 0 spiro atoms. The molecule has 0 aliphatic heterocycles. The summed E-state index contributed by atoms with van der Waals surface area (Å²) >= 11 is 0. The molecule has 4 nitrogen and oxygen atoms in total. The first-order valence-corrected chi connectivity index (χ1v) is 5.68. The summed E-state index contributed by atoms with van der Waals surface area (Å²) in [5, 5.41) is 2.76. The van der Waals surface area contributed by atoms with Crippen molar-refractivity contribution in [2.45, 2.75) is 52.3 Å². The number of carbonyl (C=O) groups is 1. The molecule has 5 heteroatoms. The Morgan fingerprint density at radius 1 is 1.12 bits per heavy atom. The Kier molecular flexibility index (Phi) is 8.30. The summed E-state index contributed by atoms with van der Waals surface area (Å²) in [6.07, 6.45) is 0.257. The molecule has 0 aromatic heterocycles. The number of nitrogens with one attached hydrogen (secondary N) is 1. The maximum Gasteiger partial charge on any atom is 0.211 e. The van der Waals surface area contributed by atoms with Crippen LogP contribution in [0.3, 0.4) is 0 Å². The van der Waals surface area contributed by atoms with E-state index in [0.29, 0.717) is 13.2 Å². The van der Waals surface area contributed by atoms with E-state index in [-0.39, 0.29) is 30.5 Å². The highest BCUT2D eigenvalue weighted by molar-refractivity contribution is 6.19. The average molecular weight is 227 g/mol. The van der Waals surface area contributed by atoms with Crippen LogP contribution in [-0.2, 0) is 14.3 Å². The molecule has 0 aromatic rings. The number of rotatable bonds is 8. The van der Waals surface area contributed by atoms with Crippen LogP contribution in [0.4, 0.5) is 0 Å². The molecular formula is C11H22BNO3. The van der Waals surface area contributed by atoms with E-state index in [1.807, 2.05) is 27.7 Å². The highest BCUT2D eigenvalue weighted by Crippen LogP contribution is 1.97. The Hall–Kier alpha value is -0.545. The van der Waals surface area contributed by atoms with Gasteiger partial charge in [0.15, 0.2) is 0 Å². The number of carbonyl (C=O) groups excluding carboxylic acids is 1. The van der Waals surface area contributed by atoms with E-state index in [9.17, 15) is 4.79 Å². The van der Waals surface area contributed by atoms with Crippen LogP contribution in [-0.4, -0.2) is 45.2 Å². The second kappa shape index (κ2) is 8.59. The summed E-state index contributed by atoms with van der Waals surface area (Å²) in [5.41, 5.74) is 0. The summed E-state index contributed by atoms with van der Waals surface area (Å²) in [6, 6.07) is -0.138. The van der Waals surface area contributed by atoms with Crippen molar-refractivity contribution in [1.29, 1.82) is 0 Å². The van der Waals surface area contributed by atoms with Crippen molar-refractivity contribution >= 4 is 13.8 Å². The molecule has 0 aliphatic rings. The zero-order valence-corrected chi connectivity index (χ0v) is 10.7. The Labute approximate surface area is 99.5 Å². The lowest BCUT2D eigenvalue weighted by Crippen LogP contribution is -2.42. The summed E-state index contributed by atoms with van der Waals surface area (Å²) in [4.78, 5) is 11.2. The molecule has 0 aliphatic carbocycles. The van der Waals surface area contributed by atoms with Crippen LogP contribution in [0, 0.1) is 0 Å². The van der Waals surface area contributed by atoms with Gasteiger partial charge in [-0.25, -0.2) is 0 Å². The molecule has 1 N–H and O–H groups in total. The molecular weight excluding hydrogens is 205 g/mol. The van der Waals surface area contributed by atoms with Crippen molar-refractivity contribution in [2.24, 2.45) is 0 Å². The second-order valence-electron chi connectivity index (χ2n) is 4.23. The SMILES string of the molecule is [B]CC(=O)NC(COC(C)C)COC(C)C. The Morgan fingerprint density at radius 3 is 1.88 bits per heavy atom. The van der Waals surface area contributed by atoms with Gasteiger partial charge in [-0.15, -0.1) is 0 Å². The fourth-order valence-corrected chi connectivity index (χ4v) is 1.04. The van der Waals surface area contributed by atoms with Gasteiger partial charge in [0.2, 0.25) is 5.91 Å². The van der Waals surface area contributed by atoms with Crippen molar-refractivity contribution < 1.29 is 14.3 Å². The fourth-order valence-electron chi connectivity index (χ4n) is 1.04. The van der Waals surface area contributed by atoms with Gasteiger partial charge in [0, 0.05) is 0 Å². The third-order valence-corrected chi connectivity index (χ3v) is 1.81. The molecule has 0 rings (SSSR count). The van der Waals surface area contributed by atoms with Crippen molar-refractivity contribution in [3.63, 3.8) is 0 Å². The number of amides is 1. The van der Waals surface area contributed by atoms with E-state index >= 15 is 0 Å². The second-order valence-corrected chi connectivity index (χ2v) is 4.23. The molecule has 0 atom stereocenters. The Balaban J connectivity index is 3.99. The molecule has 0 unspecified atom stereocenters. The first-order chi connectivity index (χ1) is 7.45.